The van der Waals surface area contributed by atoms with Crippen LogP contribution in [0.5, 0.6) is 0 Å². The topological polar surface area (TPSA) is 16.4 Å². The van der Waals surface area contributed by atoms with E-state index in [0.717, 1.165) is 44.4 Å². The van der Waals surface area contributed by atoms with Crippen molar-refractivity contribution in [3.05, 3.63) is 151 Å². The maximum atomic E-state index is 6.30. The Morgan fingerprint density at radius 1 is 0.500 bits per heavy atom. The van der Waals surface area contributed by atoms with Crippen LogP contribution in [0.2, 0.25) is 0 Å². The summed E-state index contributed by atoms with van der Waals surface area (Å²) in [7, 11) is 0. The summed E-state index contributed by atoms with van der Waals surface area (Å²) in [5.41, 5.74) is 10.6. The van der Waals surface area contributed by atoms with E-state index in [2.05, 4.69) is 152 Å². The smallest absolute Gasteiger partial charge is 0.136 e. The first-order valence-corrected chi connectivity index (χ1v) is 16.7. The minimum atomic E-state index is -0.0955. The number of rotatable bonds is 3. The van der Waals surface area contributed by atoms with Crippen LogP contribution in [0.15, 0.2) is 144 Å². The predicted octanol–water partition coefficient (Wildman–Crippen LogP) is 12.9. The fraction of sp³-hybridized carbons (Fsp3) is 0.0698. The molecule has 0 fully saturated rings. The van der Waals surface area contributed by atoms with Gasteiger partial charge in [0.15, 0.2) is 0 Å². The van der Waals surface area contributed by atoms with Crippen molar-refractivity contribution in [3.8, 4) is 11.1 Å². The van der Waals surface area contributed by atoms with Gasteiger partial charge in [-0.25, -0.2) is 0 Å². The van der Waals surface area contributed by atoms with Crippen LogP contribution in [0.25, 0.3) is 64.0 Å². The van der Waals surface area contributed by atoms with Crippen molar-refractivity contribution >= 4 is 81.3 Å². The fourth-order valence-corrected chi connectivity index (χ4v) is 8.87. The summed E-state index contributed by atoms with van der Waals surface area (Å²) >= 11 is 1.86. The van der Waals surface area contributed by atoms with Gasteiger partial charge in [0.25, 0.3) is 0 Å². The van der Waals surface area contributed by atoms with E-state index in [0.29, 0.717) is 0 Å². The minimum Gasteiger partial charge on any atom is -0.456 e. The van der Waals surface area contributed by atoms with E-state index in [1.807, 2.05) is 17.4 Å². The van der Waals surface area contributed by atoms with Crippen molar-refractivity contribution in [2.24, 2.45) is 0 Å². The number of furan rings is 1. The van der Waals surface area contributed by atoms with Crippen LogP contribution in [0.4, 0.5) is 17.1 Å². The molecule has 0 unspecified atom stereocenters. The number of para-hydroxylation sites is 1. The number of thiophene rings is 1. The maximum absolute atomic E-state index is 6.30. The SMILES string of the molecule is CC1(C)c2ccccc2-c2ccc(N(c3ccc4sc5ccccc5c4c3)c3cccc4cc5oc6ccccc6c5cc34)cc21. The first kappa shape index (κ1) is 25.9. The molecule has 0 spiro atoms. The van der Waals surface area contributed by atoms with E-state index in [1.165, 1.54) is 47.8 Å². The predicted molar refractivity (Wildman–Crippen MR) is 196 cm³/mol. The summed E-state index contributed by atoms with van der Waals surface area (Å²) in [6.07, 6.45) is 0. The van der Waals surface area contributed by atoms with Gasteiger partial charge in [-0.1, -0.05) is 92.7 Å². The summed E-state index contributed by atoms with van der Waals surface area (Å²) in [5, 5.41) is 7.23. The van der Waals surface area contributed by atoms with Gasteiger partial charge in [0.05, 0.1) is 5.69 Å². The molecule has 0 radical (unpaired) electrons. The zero-order chi connectivity index (χ0) is 30.6. The van der Waals surface area contributed by atoms with Crippen LogP contribution in [0.3, 0.4) is 0 Å². The number of fused-ring (bicyclic) bond motifs is 10. The van der Waals surface area contributed by atoms with E-state index in [-0.39, 0.29) is 5.41 Å². The monoisotopic (exact) mass is 607 g/mol. The highest BCUT2D eigenvalue weighted by molar-refractivity contribution is 7.25. The van der Waals surface area contributed by atoms with Crippen LogP contribution < -0.4 is 4.90 Å². The number of hydrogen-bond donors (Lipinski definition) is 0. The number of benzene rings is 7. The van der Waals surface area contributed by atoms with E-state index >= 15 is 0 Å². The number of anilines is 3. The summed E-state index contributed by atoms with van der Waals surface area (Å²) in [6, 6.07) is 51.1. The largest absolute Gasteiger partial charge is 0.456 e. The van der Waals surface area contributed by atoms with Crippen molar-refractivity contribution in [1.82, 2.24) is 0 Å². The molecule has 2 aromatic heterocycles. The van der Waals surface area contributed by atoms with Crippen molar-refractivity contribution in [2.45, 2.75) is 19.3 Å². The van der Waals surface area contributed by atoms with E-state index < -0.39 is 0 Å². The first-order valence-electron chi connectivity index (χ1n) is 15.8. The van der Waals surface area contributed by atoms with Crippen molar-refractivity contribution in [1.29, 1.82) is 0 Å². The lowest BCUT2D eigenvalue weighted by Gasteiger charge is -2.29. The Labute approximate surface area is 270 Å². The summed E-state index contributed by atoms with van der Waals surface area (Å²) < 4.78 is 8.92. The highest BCUT2D eigenvalue weighted by Crippen LogP contribution is 2.51. The molecule has 7 aromatic carbocycles. The third-order valence-corrected chi connectivity index (χ3v) is 11.2. The van der Waals surface area contributed by atoms with Crippen molar-refractivity contribution in [2.75, 3.05) is 4.90 Å². The van der Waals surface area contributed by atoms with Crippen LogP contribution in [0, 0.1) is 0 Å². The zero-order valence-electron chi connectivity index (χ0n) is 25.5. The Balaban J connectivity index is 1.26. The average Bonchev–Trinajstić information content (AvgIpc) is 3.71. The molecule has 46 heavy (non-hydrogen) atoms. The second-order valence-corrected chi connectivity index (χ2v) is 14.0. The third-order valence-electron chi connectivity index (χ3n) is 10.0. The zero-order valence-corrected chi connectivity index (χ0v) is 26.4. The van der Waals surface area contributed by atoms with Crippen LogP contribution in [-0.4, -0.2) is 0 Å². The summed E-state index contributed by atoms with van der Waals surface area (Å²) in [6.45, 7) is 4.71. The Hall–Kier alpha value is -5.38. The highest BCUT2D eigenvalue weighted by Gasteiger charge is 2.35. The normalized spacial score (nSPS) is 13.6. The lowest BCUT2D eigenvalue weighted by Crippen LogP contribution is -2.16. The van der Waals surface area contributed by atoms with Gasteiger partial charge in [0.2, 0.25) is 0 Å². The molecule has 2 nitrogen and oxygen atoms in total. The standard InChI is InChI=1S/C43H29NOS/c1-43(2)36-14-6-3-11-29(36)30-20-18-28(24-37(30)43)44(27-19-21-42-35(23-27)32-13-5-8-17-41(32)46-42)38-15-9-10-26-22-40-34(25-33(26)38)31-12-4-7-16-39(31)45-40/h3-25H,1-2H3. The lowest BCUT2D eigenvalue weighted by atomic mass is 9.82. The second-order valence-electron chi connectivity index (χ2n) is 13.0. The molecule has 0 aliphatic heterocycles. The molecule has 0 atom stereocenters. The summed E-state index contributed by atoms with van der Waals surface area (Å²) in [4.78, 5) is 2.46. The summed E-state index contributed by atoms with van der Waals surface area (Å²) in [5.74, 6) is 0. The Morgan fingerprint density at radius 2 is 1.24 bits per heavy atom. The van der Waals surface area contributed by atoms with Gasteiger partial charge in [0.1, 0.15) is 11.2 Å². The van der Waals surface area contributed by atoms with Crippen LogP contribution in [-0.2, 0) is 5.41 Å². The third kappa shape index (κ3) is 3.58. The quantitative estimate of drug-likeness (QED) is 0.199. The molecule has 1 aliphatic rings. The Kier molecular flexibility index (Phi) is 5.25. The molecule has 0 saturated heterocycles. The average molecular weight is 608 g/mol. The number of hydrogen-bond acceptors (Lipinski definition) is 3. The molecule has 3 heteroatoms. The molecule has 0 N–H and O–H groups in total. The molecule has 0 amide bonds. The Bertz CT molecular complexity index is 2690. The lowest BCUT2D eigenvalue weighted by molar-refractivity contribution is 0.660. The molecular formula is C43H29NOS. The van der Waals surface area contributed by atoms with Crippen LogP contribution >= 0.6 is 11.3 Å². The molecule has 218 valence electrons. The van der Waals surface area contributed by atoms with Crippen molar-refractivity contribution < 1.29 is 4.42 Å². The van der Waals surface area contributed by atoms with Crippen LogP contribution in [0.1, 0.15) is 25.0 Å². The van der Waals surface area contributed by atoms with Gasteiger partial charge >= 0.3 is 0 Å². The second kappa shape index (κ2) is 9.32. The van der Waals surface area contributed by atoms with Gasteiger partial charge in [-0.15, -0.1) is 11.3 Å². The van der Waals surface area contributed by atoms with Gasteiger partial charge in [-0.05, 0) is 88.3 Å². The van der Waals surface area contributed by atoms with E-state index in [1.54, 1.807) is 0 Å². The Morgan fingerprint density at radius 3 is 2.17 bits per heavy atom. The molecule has 10 rings (SSSR count). The van der Waals surface area contributed by atoms with Gasteiger partial charge in [-0.2, -0.15) is 0 Å². The molecule has 9 aromatic rings. The number of nitrogens with zero attached hydrogens (tertiary/aromatic N) is 1. The molecule has 0 bridgehead atoms. The molecule has 0 saturated carbocycles. The van der Waals surface area contributed by atoms with Crippen molar-refractivity contribution in [3.63, 3.8) is 0 Å². The first-order chi connectivity index (χ1) is 22.5. The van der Waals surface area contributed by atoms with E-state index in [9.17, 15) is 0 Å². The van der Waals surface area contributed by atoms with Gasteiger partial charge < -0.3 is 9.32 Å². The maximum Gasteiger partial charge on any atom is 0.136 e. The molecular weight excluding hydrogens is 579 g/mol. The molecule has 2 heterocycles. The fourth-order valence-electron chi connectivity index (χ4n) is 7.79. The minimum absolute atomic E-state index is 0.0955. The van der Waals surface area contributed by atoms with E-state index in [4.69, 9.17) is 4.42 Å². The van der Waals surface area contributed by atoms with Gasteiger partial charge in [-0.3, -0.25) is 0 Å². The molecule has 1 aliphatic carbocycles. The van der Waals surface area contributed by atoms with Gasteiger partial charge in [0, 0.05) is 53.1 Å². The highest BCUT2D eigenvalue weighted by atomic mass is 32.1.